The first kappa shape index (κ1) is 14.2. The van der Waals surface area contributed by atoms with Crippen LogP contribution in [0.5, 0.6) is 5.88 Å². The molecule has 8 heteroatoms. The summed E-state index contributed by atoms with van der Waals surface area (Å²) >= 11 is 0. The summed E-state index contributed by atoms with van der Waals surface area (Å²) < 4.78 is 44.6. The predicted octanol–water partition coefficient (Wildman–Crippen LogP) is 1.53. The van der Waals surface area contributed by atoms with Crippen molar-refractivity contribution >= 4 is 5.97 Å². The maximum Gasteiger partial charge on any atom is 0.574 e. The summed E-state index contributed by atoms with van der Waals surface area (Å²) in [5.41, 5.74) is 5.54. The third-order valence-electron chi connectivity index (χ3n) is 2.16. The molecule has 0 aliphatic carbocycles. The van der Waals surface area contributed by atoms with Gasteiger partial charge < -0.3 is 15.2 Å². The van der Waals surface area contributed by atoms with E-state index >= 15 is 0 Å². The Balaban J connectivity index is 3.27. The van der Waals surface area contributed by atoms with E-state index < -0.39 is 18.2 Å². The van der Waals surface area contributed by atoms with Crippen LogP contribution < -0.4 is 10.5 Å². The molecule has 0 amide bonds. The molecule has 0 aromatic carbocycles. The zero-order valence-electron chi connectivity index (χ0n) is 9.67. The Kier molecular flexibility index (Phi) is 4.12. The number of hydrogen-bond donors (Lipinski definition) is 1. The summed E-state index contributed by atoms with van der Waals surface area (Å²) in [4.78, 5) is 14.7. The van der Waals surface area contributed by atoms with Gasteiger partial charge in [-0.2, -0.15) is 0 Å². The van der Waals surface area contributed by atoms with Crippen LogP contribution in [-0.2, 0) is 11.3 Å². The van der Waals surface area contributed by atoms with Gasteiger partial charge in [-0.05, 0) is 18.6 Å². The normalized spacial score (nSPS) is 11.2. The number of hydrogen-bond acceptors (Lipinski definition) is 5. The number of alkyl halides is 3. The minimum absolute atomic E-state index is 0.0490. The first-order valence-corrected chi connectivity index (χ1v) is 4.83. The molecule has 5 nitrogen and oxygen atoms in total. The van der Waals surface area contributed by atoms with Crippen molar-refractivity contribution in [3.8, 4) is 5.88 Å². The van der Waals surface area contributed by atoms with Gasteiger partial charge in [0.2, 0.25) is 5.88 Å². The maximum absolute atomic E-state index is 12.2. The summed E-state index contributed by atoms with van der Waals surface area (Å²) in [7, 11) is 1.09. The lowest BCUT2D eigenvalue weighted by atomic mass is 10.1. The molecule has 1 rings (SSSR count). The van der Waals surface area contributed by atoms with E-state index in [1.807, 2.05) is 0 Å². The van der Waals surface area contributed by atoms with Gasteiger partial charge >= 0.3 is 12.3 Å². The van der Waals surface area contributed by atoms with E-state index in [-0.39, 0.29) is 17.8 Å². The average molecular weight is 264 g/mol. The van der Waals surface area contributed by atoms with Crippen LogP contribution in [0.15, 0.2) is 6.07 Å². The van der Waals surface area contributed by atoms with E-state index in [9.17, 15) is 18.0 Å². The quantitative estimate of drug-likeness (QED) is 0.838. The number of methoxy groups -OCH3 is 1. The van der Waals surface area contributed by atoms with Gasteiger partial charge in [0.1, 0.15) is 0 Å². The highest BCUT2D eigenvalue weighted by Crippen LogP contribution is 2.26. The highest BCUT2D eigenvalue weighted by molar-refractivity contribution is 5.87. The van der Waals surface area contributed by atoms with Crippen molar-refractivity contribution in [3.05, 3.63) is 22.9 Å². The van der Waals surface area contributed by atoms with Crippen molar-refractivity contribution in [1.29, 1.82) is 0 Å². The van der Waals surface area contributed by atoms with Crippen molar-refractivity contribution in [2.24, 2.45) is 5.73 Å². The van der Waals surface area contributed by atoms with Crippen molar-refractivity contribution in [2.45, 2.75) is 19.8 Å². The zero-order chi connectivity index (χ0) is 13.9. The lowest BCUT2D eigenvalue weighted by Gasteiger charge is -2.13. The SMILES string of the molecule is COC(=O)c1cc(CN)c(C)c(OC(F)(F)F)n1. The van der Waals surface area contributed by atoms with Gasteiger partial charge in [-0.25, -0.2) is 9.78 Å². The third-order valence-corrected chi connectivity index (χ3v) is 2.16. The number of pyridine rings is 1. The van der Waals surface area contributed by atoms with Crippen molar-refractivity contribution in [3.63, 3.8) is 0 Å². The molecule has 0 fully saturated rings. The average Bonchev–Trinajstić information content (AvgIpc) is 2.29. The predicted molar refractivity (Wildman–Crippen MR) is 54.9 cm³/mol. The smallest absolute Gasteiger partial charge is 0.464 e. The molecular formula is C10H11F3N2O3. The number of halogens is 3. The van der Waals surface area contributed by atoms with Gasteiger partial charge in [0.05, 0.1) is 7.11 Å². The minimum Gasteiger partial charge on any atom is -0.464 e. The number of aromatic nitrogens is 1. The summed E-state index contributed by atoms with van der Waals surface area (Å²) in [6.45, 7) is 1.32. The lowest BCUT2D eigenvalue weighted by molar-refractivity contribution is -0.276. The topological polar surface area (TPSA) is 74.4 Å². The number of nitrogens with two attached hydrogens (primary N) is 1. The van der Waals surface area contributed by atoms with E-state index in [2.05, 4.69) is 14.5 Å². The summed E-state index contributed by atoms with van der Waals surface area (Å²) in [6, 6.07) is 1.27. The lowest BCUT2D eigenvalue weighted by Crippen LogP contribution is -2.20. The second kappa shape index (κ2) is 5.21. The van der Waals surface area contributed by atoms with Crippen LogP contribution in [0.25, 0.3) is 0 Å². The molecule has 0 spiro atoms. The summed E-state index contributed by atoms with van der Waals surface area (Å²) in [6.07, 6.45) is -4.89. The molecule has 0 saturated carbocycles. The Hall–Kier alpha value is -1.83. The van der Waals surface area contributed by atoms with Gasteiger partial charge in [0.15, 0.2) is 5.69 Å². The maximum atomic E-state index is 12.2. The minimum atomic E-state index is -4.89. The van der Waals surface area contributed by atoms with Crippen molar-refractivity contribution in [1.82, 2.24) is 4.98 Å². The van der Waals surface area contributed by atoms with Gasteiger partial charge in [0, 0.05) is 12.1 Å². The second-order valence-corrected chi connectivity index (χ2v) is 3.34. The van der Waals surface area contributed by atoms with E-state index in [0.717, 1.165) is 7.11 Å². The number of carbonyl (C=O) groups excluding carboxylic acids is 1. The van der Waals surface area contributed by atoms with Crippen molar-refractivity contribution < 1.29 is 27.4 Å². The van der Waals surface area contributed by atoms with Crippen LogP contribution in [0.3, 0.4) is 0 Å². The fraction of sp³-hybridized carbons (Fsp3) is 0.400. The Labute approximate surface area is 101 Å². The fourth-order valence-corrected chi connectivity index (χ4v) is 1.27. The highest BCUT2D eigenvalue weighted by Gasteiger charge is 2.33. The van der Waals surface area contributed by atoms with E-state index in [1.54, 1.807) is 0 Å². The molecule has 18 heavy (non-hydrogen) atoms. The number of rotatable bonds is 3. The number of nitrogens with zero attached hydrogens (tertiary/aromatic N) is 1. The second-order valence-electron chi connectivity index (χ2n) is 3.34. The largest absolute Gasteiger partial charge is 0.574 e. The van der Waals surface area contributed by atoms with Crippen LogP contribution in [0, 0.1) is 6.92 Å². The van der Waals surface area contributed by atoms with E-state index in [1.165, 1.54) is 13.0 Å². The summed E-state index contributed by atoms with van der Waals surface area (Å²) in [5, 5.41) is 0. The standard InChI is InChI=1S/C10H11F3N2O3/c1-5-6(4-14)3-7(9(16)17-2)15-8(5)18-10(11,12)13/h3H,4,14H2,1-2H3. The van der Waals surface area contributed by atoms with Crippen LogP contribution in [0.2, 0.25) is 0 Å². The molecule has 0 atom stereocenters. The Morgan fingerprint density at radius 1 is 1.50 bits per heavy atom. The molecule has 0 aliphatic heterocycles. The third kappa shape index (κ3) is 3.33. The van der Waals surface area contributed by atoms with Gasteiger partial charge in [-0.15, -0.1) is 13.2 Å². The van der Waals surface area contributed by atoms with E-state index in [4.69, 9.17) is 5.73 Å². The Morgan fingerprint density at radius 2 is 2.11 bits per heavy atom. The number of carbonyl (C=O) groups is 1. The molecule has 0 saturated heterocycles. The van der Waals surface area contributed by atoms with Gasteiger partial charge in [-0.3, -0.25) is 0 Å². The molecule has 1 aromatic heterocycles. The Bertz CT molecular complexity index is 460. The molecule has 1 heterocycles. The van der Waals surface area contributed by atoms with Crippen LogP contribution in [-0.4, -0.2) is 24.4 Å². The first-order valence-electron chi connectivity index (χ1n) is 4.83. The van der Waals surface area contributed by atoms with Crippen LogP contribution >= 0.6 is 0 Å². The molecule has 100 valence electrons. The first-order chi connectivity index (χ1) is 8.28. The van der Waals surface area contributed by atoms with E-state index in [0.29, 0.717) is 5.56 Å². The Morgan fingerprint density at radius 3 is 2.56 bits per heavy atom. The molecule has 2 N–H and O–H groups in total. The zero-order valence-corrected chi connectivity index (χ0v) is 9.67. The molecule has 0 radical (unpaired) electrons. The van der Waals surface area contributed by atoms with Crippen LogP contribution in [0.4, 0.5) is 13.2 Å². The molecular weight excluding hydrogens is 253 g/mol. The van der Waals surface area contributed by atoms with Crippen LogP contribution in [0.1, 0.15) is 21.6 Å². The van der Waals surface area contributed by atoms with Gasteiger partial charge in [0.25, 0.3) is 0 Å². The number of esters is 1. The summed E-state index contributed by atoms with van der Waals surface area (Å²) in [5.74, 6) is -1.57. The highest BCUT2D eigenvalue weighted by atomic mass is 19.4. The molecule has 1 aromatic rings. The molecule has 0 bridgehead atoms. The molecule has 0 aliphatic rings. The fourth-order valence-electron chi connectivity index (χ4n) is 1.27. The monoisotopic (exact) mass is 264 g/mol. The number of ether oxygens (including phenoxy) is 2. The van der Waals surface area contributed by atoms with Gasteiger partial charge in [-0.1, -0.05) is 0 Å². The molecule has 0 unspecified atom stereocenters. The van der Waals surface area contributed by atoms with Crippen molar-refractivity contribution in [2.75, 3.05) is 7.11 Å².